The van der Waals surface area contributed by atoms with E-state index in [0.29, 0.717) is 32.5 Å². The lowest BCUT2D eigenvalue weighted by atomic mass is 10.1. The molecule has 0 saturated heterocycles. The summed E-state index contributed by atoms with van der Waals surface area (Å²) in [5, 5.41) is 0. The van der Waals surface area contributed by atoms with Crippen molar-refractivity contribution in [3.05, 3.63) is 0 Å². The molecule has 0 atom stereocenters. The third-order valence-corrected chi connectivity index (χ3v) is 5.03. The molecule has 4 nitrogen and oxygen atoms in total. The third-order valence-electron chi connectivity index (χ3n) is 5.03. The van der Waals surface area contributed by atoms with Crippen LogP contribution in [0.2, 0.25) is 0 Å². The largest absolute Gasteiger partial charge is 0.466 e. The van der Waals surface area contributed by atoms with Crippen molar-refractivity contribution in [3.63, 3.8) is 0 Å². The van der Waals surface area contributed by atoms with Gasteiger partial charge < -0.3 is 9.47 Å². The van der Waals surface area contributed by atoms with Crippen molar-refractivity contribution in [2.75, 3.05) is 13.2 Å². The van der Waals surface area contributed by atoms with Gasteiger partial charge in [-0.1, -0.05) is 78.1 Å². The molecule has 0 fully saturated rings. The van der Waals surface area contributed by atoms with E-state index in [1.807, 2.05) is 0 Å². The van der Waals surface area contributed by atoms with Crippen LogP contribution in [0.15, 0.2) is 0 Å². The average Bonchev–Trinajstić information content (AvgIpc) is 2.74. The van der Waals surface area contributed by atoms with Gasteiger partial charge in [-0.2, -0.15) is 0 Å². The number of esters is 2. The minimum Gasteiger partial charge on any atom is -0.466 e. The molecule has 174 valence electrons. The molecule has 30 heavy (non-hydrogen) atoms. The Hall–Kier alpha value is -1.50. The van der Waals surface area contributed by atoms with Crippen molar-refractivity contribution in [1.82, 2.24) is 0 Å². The molecule has 0 rings (SSSR count). The van der Waals surface area contributed by atoms with Crippen molar-refractivity contribution < 1.29 is 19.1 Å². The standard InChI is InChI=1S/C26H46O4/c1-3-5-7-9-11-12-13-15-17-19-24-30-26(28)22-20-21-25(27)29-23-18-16-14-10-8-6-4-2/h3-4,6,8-24H2,1-2H3. The van der Waals surface area contributed by atoms with Crippen LogP contribution < -0.4 is 0 Å². The van der Waals surface area contributed by atoms with Crippen molar-refractivity contribution in [1.29, 1.82) is 0 Å². The van der Waals surface area contributed by atoms with E-state index in [0.717, 1.165) is 38.5 Å². The van der Waals surface area contributed by atoms with Gasteiger partial charge in [-0.05, 0) is 25.7 Å². The van der Waals surface area contributed by atoms with E-state index in [2.05, 4.69) is 25.7 Å². The molecule has 0 aliphatic rings. The van der Waals surface area contributed by atoms with E-state index in [1.54, 1.807) is 0 Å². The maximum atomic E-state index is 11.7. The van der Waals surface area contributed by atoms with Gasteiger partial charge in [-0.3, -0.25) is 9.59 Å². The molecule has 0 heterocycles. The first kappa shape index (κ1) is 28.5. The maximum Gasteiger partial charge on any atom is 0.305 e. The zero-order valence-electron chi connectivity index (χ0n) is 19.8. The van der Waals surface area contributed by atoms with Crippen LogP contribution in [-0.2, 0) is 19.1 Å². The summed E-state index contributed by atoms with van der Waals surface area (Å²) in [5.74, 6) is 5.86. The molecule has 0 N–H and O–H groups in total. The summed E-state index contributed by atoms with van der Waals surface area (Å²) >= 11 is 0. The lowest BCUT2D eigenvalue weighted by molar-refractivity contribution is -0.145. The Labute approximate surface area is 185 Å². The molecule has 0 radical (unpaired) electrons. The molecule has 0 bridgehead atoms. The van der Waals surface area contributed by atoms with E-state index in [1.165, 1.54) is 57.8 Å². The fourth-order valence-corrected chi connectivity index (χ4v) is 3.19. The molecular weight excluding hydrogens is 376 g/mol. The number of hydrogen-bond donors (Lipinski definition) is 0. The Balaban J connectivity index is 3.33. The van der Waals surface area contributed by atoms with Gasteiger partial charge >= 0.3 is 11.9 Å². The molecular formula is C26H46O4. The molecule has 0 aliphatic carbocycles. The summed E-state index contributed by atoms with van der Waals surface area (Å²) in [6, 6.07) is 0. The Morgan fingerprint density at radius 2 is 1.03 bits per heavy atom. The summed E-state index contributed by atoms with van der Waals surface area (Å²) in [6.45, 7) is 5.29. The number of carbonyl (C=O) groups excluding carboxylic acids is 2. The summed E-state index contributed by atoms with van der Waals surface area (Å²) in [4.78, 5) is 23.4. The van der Waals surface area contributed by atoms with Gasteiger partial charge in [0.25, 0.3) is 0 Å². The lowest BCUT2D eigenvalue weighted by Crippen LogP contribution is -2.09. The molecule has 0 aromatic carbocycles. The van der Waals surface area contributed by atoms with Crippen LogP contribution in [-0.4, -0.2) is 25.2 Å². The van der Waals surface area contributed by atoms with E-state index in [4.69, 9.17) is 9.47 Å². The van der Waals surface area contributed by atoms with Gasteiger partial charge in [-0.15, -0.1) is 11.8 Å². The molecule has 0 aromatic heterocycles. The third kappa shape index (κ3) is 22.8. The van der Waals surface area contributed by atoms with Crippen LogP contribution in [0.4, 0.5) is 0 Å². The van der Waals surface area contributed by atoms with Crippen molar-refractivity contribution in [2.24, 2.45) is 0 Å². The second-order valence-electron chi connectivity index (χ2n) is 7.99. The normalized spacial score (nSPS) is 10.3. The van der Waals surface area contributed by atoms with Crippen LogP contribution in [0, 0.1) is 11.8 Å². The highest BCUT2D eigenvalue weighted by molar-refractivity contribution is 5.72. The molecule has 0 aliphatic heterocycles. The minimum atomic E-state index is -0.204. The zero-order chi connectivity index (χ0) is 22.1. The quantitative estimate of drug-likeness (QED) is 0.119. The van der Waals surface area contributed by atoms with Gasteiger partial charge in [0.05, 0.1) is 13.2 Å². The van der Waals surface area contributed by atoms with Crippen LogP contribution in [0.25, 0.3) is 0 Å². The van der Waals surface area contributed by atoms with Crippen LogP contribution in [0.3, 0.4) is 0 Å². The number of ether oxygens (including phenoxy) is 2. The summed E-state index contributed by atoms with van der Waals surface area (Å²) in [6.07, 6.45) is 18.3. The SMILES string of the molecule is CCC#CCCCCCCCCOC(=O)CCCC(=O)OCCCCCCCCC. The fraction of sp³-hybridized carbons (Fsp3) is 0.846. The van der Waals surface area contributed by atoms with E-state index >= 15 is 0 Å². The molecule has 0 saturated carbocycles. The van der Waals surface area contributed by atoms with Gasteiger partial charge in [-0.25, -0.2) is 0 Å². The number of hydrogen-bond acceptors (Lipinski definition) is 4. The lowest BCUT2D eigenvalue weighted by Gasteiger charge is -2.06. The maximum absolute atomic E-state index is 11.7. The first-order valence-corrected chi connectivity index (χ1v) is 12.5. The molecule has 0 amide bonds. The van der Waals surface area contributed by atoms with Gasteiger partial charge in [0, 0.05) is 25.7 Å². The smallest absolute Gasteiger partial charge is 0.305 e. The molecule has 4 heteroatoms. The highest BCUT2D eigenvalue weighted by atomic mass is 16.5. The number of carbonyl (C=O) groups is 2. The first-order chi connectivity index (χ1) is 14.7. The molecule has 0 spiro atoms. The summed E-state index contributed by atoms with van der Waals surface area (Å²) in [5.41, 5.74) is 0. The Morgan fingerprint density at radius 1 is 0.567 bits per heavy atom. The van der Waals surface area contributed by atoms with Gasteiger partial charge in [0.15, 0.2) is 0 Å². The predicted molar refractivity (Wildman–Crippen MR) is 124 cm³/mol. The fourth-order valence-electron chi connectivity index (χ4n) is 3.19. The monoisotopic (exact) mass is 422 g/mol. The topological polar surface area (TPSA) is 52.6 Å². The Morgan fingerprint density at radius 3 is 1.53 bits per heavy atom. The molecule has 0 aromatic rings. The van der Waals surface area contributed by atoms with Crippen LogP contribution >= 0.6 is 0 Å². The number of unbranched alkanes of at least 4 members (excludes halogenated alkanes) is 12. The summed E-state index contributed by atoms with van der Waals surface area (Å²) in [7, 11) is 0. The first-order valence-electron chi connectivity index (χ1n) is 12.5. The Bertz CT molecular complexity index is 461. The van der Waals surface area contributed by atoms with Crippen LogP contribution in [0.5, 0.6) is 0 Å². The zero-order valence-corrected chi connectivity index (χ0v) is 19.8. The minimum absolute atomic E-state index is 0.200. The second-order valence-corrected chi connectivity index (χ2v) is 7.99. The number of rotatable bonds is 20. The van der Waals surface area contributed by atoms with Crippen molar-refractivity contribution in [3.8, 4) is 11.8 Å². The van der Waals surface area contributed by atoms with E-state index in [9.17, 15) is 9.59 Å². The second kappa shape index (κ2) is 23.8. The highest BCUT2D eigenvalue weighted by Crippen LogP contribution is 2.09. The predicted octanol–water partition coefficient (Wildman–Crippen LogP) is 7.14. The Kier molecular flexibility index (Phi) is 22.6. The van der Waals surface area contributed by atoms with Crippen LogP contribution in [0.1, 0.15) is 129 Å². The van der Waals surface area contributed by atoms with E-state index < -0.39 is 0 Å². The van der Waals surface area contributed by atoms with Crippen molar-refractivity contribution >= 4 is 11.9 Å². The van der Waals surface area contributed by atoms with Gasteiger partial charge in [0.2, 0.25) is 0 Å². The van der Waals surface area contributed by atoms with Gasteiger partial charge in [0.1, 0.15) is 0 Å². The highest BCUT2D eigenvalue weighted by Gasteiger charge is 2.07. The van der Waals surface area contributed by atoms with E-state index in [-0.39, 0.29) is 11.9 Å². The van der Waals surface area contributed by atoms with Crippen molar-refractivity contribution in [2.45, 2.75) is 129 Å². The molecule has 0 unspecified atom stereocenters. The summed E-state index contributed by atoms with van der Waals surface area (Å²) < 4.78 is 10.5. The average molecular weight is 423 g/mol.